The molecule has 2 aromatic rings. The summed E-state index contributed by atoms with van der Waals surface area (Å²) in [5.41, 5.74) is 0.982. The summed E-state index contributed by atoms with van der Waals surface area (Å²) in [6, 6.07) is 9.51. The first kappa shape index (κ1) is 19.0. The molecule has 0 unspecified atom stereocenters. The van der Waals surface area contributed by atoms with Gasteiger partial charge in [0.2, 0.25) is 11.8 Å². The molecule has 8 heteroatoms. The lowest BCUT2D eigenvalue weighted by molar-refractivity contribution is -0.141. The lowest BCUT2D eigenvalue weighted by Gasteiger charge is -2.39. The van der Waals surface area contributed by atoms with Gasteiger partial charge in [0.15, 0.2) is 0 Å². The number of hydrogen-bond acceptors (Lipinski definition) is 6. The van der Waals surface area contributed by atoms with E-state index in [2.05, 4.69) is 15.2 Å². The Balaban J connectivity index is 1.57. The lowest BCUT2D eigenvalue weighted by Crippen LogP contribution is -2.54. The van der Waals surface area contributed by atoms with E-state index in [1.165, 1.54) is 0 Å². The molecule has 148 valence electrons. The van der Waals surface area contributed by atoms with Gasteiger partial charge in [-0.15, -0.1) is 11.3 Å². The van der Waals surface area contributed by atoms with Gasteiger partial charge in [-0.3, -0.25) is 14.5 Å². The monoisotopic (exact) mass is 400 g/mol. The Morgan fingerprint density at radius 1 is 1.32 bits per heavy atom. The van der Waals surface area contributed by atoms with Gasteiger partial charge in [-0.2, -0.15) is 0 Å². The first-order valence-corrected chi connectivity index (χ1v) is 10.4. The number of carbonyl (C=O) groups excluding carboxylic acids is 2. The fourth-order valence-corrected chi connectivity index (χ4v) is 5.02. The lowest BCUT2D eigenvalue weighted by atomic mass is 9.92. The third kappa shape index (κ3) is 3.80. The van der Waals surface area contributed by atoms with E-state index in [-0.39, 0.29) is 43.0 Å². The summed E-state index contributed by atoms with van der Waals surface area (Å²) in [5.74, 6) is -0.363. The molecule has 2 amide bonds. The predicted octanol–water partition coefficient (Wildman–Crippen LogP) is 1.03. The molecule has 1 aromatic carbocycles. The SMILES string of the molecule is O=C(NCCO)[C@@H]1C[C@@H]2CN(Cc3nccs3)CC(=O)N2[C@@H]1c1ccccc1. The topological polar surface area (TPSA) is 85.8 Å². The number of aromatic nitrogens is 1. The van der Waals surface area contributed by atoms with Crippen molar-refractivity contribution >= 4 is 23.2 Å². The van der Waals surface area contributed by atoms with Crippen molar-refractivity contribution in [2.45, 2.75) is 25.0 Å². The Morgan fingerprint density at radius 2 is 2.14 bits per heavy atom. The maximum atomic E-state index is 13.1. The highest BCUT2D eigenvalue weighted by molar-refractivity contribution is 7.09. The largest absolute Gasteiger partial charge is 0.395 e. The molecule has 3 atom stereocenters. The highest BCUT2D eigenvalue weighted by Gasteiger charge is 2.50. The molecular weight excluding hydrogens is 376 g/mol. The minimum Gasteiger partial charge on any atom is -0.395 e. The number of aliphatic hydroxyl groups is 1. The summed E-state index contributed by atoms with van der Waals surface area (Å²) in [6.07, 6.45) is 2.40. The molecule has 2 N–H and O–H groups in total. The molecule has 0 bridgehead atoms. The van der Waals surface area contributed by atoms with Crippen molar-refractivity contribution in [2.75, 3.05) is 26.2 Å². The number of fused-ring (bicyclic) bond motifs is 1. The van der Waals surface area contributed by atoms with Crippen LogP contribution in [0, 0.1) is 5.92 Å². The van der Waals surface area contributed by atoms with Crippen LogP contribution in [0.15, 0.2) is 41.9 Å². The predicted molar refractivity (Wildman–Crippen MR) is 105 cm³/mol. The summed E-state index contributed by atoms with van der Waals surface area (Å²) in [4.78, 5) is 34.2. The Labute approximate surface area is 168 Å². The summed E-state index contributed by atoms with van der Waals surface area (Å²) in [6.45, 7) is 1.86. The molecule has 2 saturated heterocycles. The van der Waals surface area contributed by atoms with Gasteiger partial charge in [0.1, 0.15) is 5.01 Å². The van der Waals surface area contributed by atoms with E-state index in [1.54, 1.807) is 17.5 Å². The molecule has 0 spiro atoms. The quantitative estimate of drug-likeness (QED) is 0.756. The van der Waals surface area contributed by atoms with Crippen molar-refractivity contribution in [3.8, 4) is 0 Å². The summed E-state index contributed by atoms with van der Waals surface area (Å²) >= 11 is 1.59. The van der Waals surface area contributed by atoms with Crippen LogP contribution in [0.5, 0.6) is 0 Å². The number of nitrogens with zero attached hydrogens (tertiary/aromatic N) is 3. The number of carbonyl (C=O) groups is 2. The van der Waals surface area contributed by atoms with Gasteiger partial charge < -0.3 is 15.3 Å². The molecule has 2 fully saturated rings. The molecular formula is C20H24N4O3S. The van der Waals surface area contributed by atoms with E-state index in [1.807, 2.05) is 40.6 Å². The Bertz CT molecular complexity index is 814. The van der Waals surface area contributed by atoms with Crippen LogP contribution in [-0.2, 0) is 16.1 Å². The van der Waals surface area contributed by atoms with Crippen LogP contribution in [0.1, 0.15) is 23.0 Å². The van der Waals surface area contributed by atoms with Crippen molar-refractivity contribution in [2.24, 2.45) is 5.92 Å². The second-order valence-electron chi connectivity index (χ2n) is 7.26. The third-order valence-corrected chi connectivity index (χ3v) is 6.21. The standard InChI is InChI=1S/C20H24N4O3S/c25-8-6-22-20(27)16-10-15-11-23(12-17-21-7-9-28-17)13-18(26)24(15)19(16)14-4-2-1-3-5-14/h1-5,7,9,15-16,19,25H,6,8,10-13H2,(H,22,27)/t15-,16-,19-/m1/s1. The fourth-order valence-electron chi connectivity index (χ4n) is 4.36. The molecule has 28 heavy (non-hydrogen) atoms. The Morgan fingerprint density at radius 3 is 2.86 bits per heavy atom. The normalized spacial score (nSPS) is 25.0. The molecule has 3 heterocycles. The third-order valence-electron chi connectivity index (χ3n) is 5.45. The van der Waals surface area contributed by atoms with Crippen molar-refractivity contribution in [1.82, 2.24) is 20.1 Å². The Hall–Kier alpha value is -2.29. The summed E-state index contributed by atoms with van der Waals surface area (Å²) in [7, 11) is 0. The fraction of sp³-hybridized carbons (Fsp3) is 0.450. The number of piperazine rings is 1. The van der Waals surface area contributed by atoms with Gasteiger partial charge in [0, 0.05) is 30.7 Å². The number of thiazole rings is 1. The summed E-state index contributed by atoms with van der Waals surface area (Å²) < 4.78 is 0. The number of nitrogens with one attached hydrogen (secondary N) is 1. The second kappa shape index (κ2) is 8.38. The van der Waals surface area contributed by atoms with Gasteiger partial charge in [0.05, 0.1) is 31.7 Å². The van der Waals surface area contributed by atoms with Gasteiger partial charge in [-0.05, 0) is 12.0 Å². The second-order valence-corrected chi connectivity index (χ2v) is 8.24. The maximum absolute atomic E-state index is 13.1. The average Bonchev–Trinajstić information content (AvgIpc) is 3.34. The molecule has 0 radical (unpaired) electrons. The summed E-state index contributed by atoms with van der Waals surface area (Å²) in [5, 5.41) is 14.8. The zero-order valence-corrected chi connectivity index (χ0v) is 16.3. The zero-order chi connectivity index (χ0) is 19.5. The maximum Gasteiger partial charge on any atom is 0.237 e. The highest BCUT2D eigenvalue weighted by Crippen LogP contribution is 2.43. The van der Waals surface area contributed by atoms with Crippen LogP contribution < -0.4 is 5.32 Å². The number of benzene rings is 1. The van der Waals surface area contributed by atoms with Crippen LogP contribution in [0.4, 0.5) is 0 Å². The minimum atomic E-state index is -0.317. The highest BCUT2D eigenvalue weighted by atomic mass is 32.1. The van der Waals surface area contributed by atoms with Gasteiger partial charge in [-0.1, -0.05) is 30.3 Å². The van der Waals surface area contributed by atoms with E-state index in [0.717, 1.165) is 17.1 Å². The molecule has 0 saturated carbocycles. The van der Waals surface area contributed by atoms with E-state index in [9.17, 15) is 9.59 Å². The van der Waals surface area contributed by atoms with E-state index in [0.29, 0.717) is 19.5 Å². The van der Waals surface area contributed by atoms with Crippen molar-refractivity contribution in [3.63, 3.8) is 0 Å². The molecule has 4 rings (SSSR count). The zero-order valence-electron chi connectivity index (χ0n) is 15.5. The molecule has 2 aliphatic rings. The minimum absolute atomic E-state index is 0.00343. The first-order chi connectivity index (χ1) is 13.7. The number of amides is 2. The van der Waals surface area contributed by atoms with E-state index >= 15 is 0 Å². The van der Waals surface area contributed by atoms with Crippen molar-refractivity contribution < 1.29 is 14.7 Å². The van der Waals surface area contributed by atoms with Crippen molar-refractivity contribution in [1.29, 1.82) is 0 Å². The van der Waals surface area contributed by atoms with Gasteiger partial charge in [-0.25, -0.2) is 4.98 Å². The van der Waals surface area contributed by atoms with E-state index in [4.69, 9.17) is 5.11 Å². The van der Waals surface area contributed by atoms with Crippen LogP contribution in [0.25, 0.3) is 0 Å². The molecule has 7 nitrogen and oxygen atoms in total. The van der Waals surface area contributed by atoms with Crippen LogP contribution in [-0.4, -0.2) is 64.0 Å². The van der Waals surface area contributed by atoms with Crippen LogP contribution in [0.2, 0.25) is 0 Å². The molecule has 0 aliphatic carbocycles. The van der Waals surface area contributed by atoms with E-state index < -0.39 is 0 Å². The number of rotatable bonds is 6. The van der Waals surface area contributed by atoms with Crippen molar-refractivity contribution in [3.05, 3.63) is 52.5 Å². The first-order valence-electron chi connectivity index (χ1n) is 9.52. The smallest absolute Gasteiger partial charge is 0.237 e. The van der Waals surface area contributed by atoms with Gasteiger partial charge in [0.25, 0.3) is 0 Å². The number of hydrogen-bond donors (Lipinski definition) is 2. The Kier molecular flexibility index (Phi) is 5.70. The van der Waals surface area contributed by atoms with Crippen LogP contribution in [0.3, 0.4) is 0 Å². The average molecular weight is 401 g/mol. The van der Waals surface area contributed by atoms with Gasteiger partial charge >= 0.3 is 0 Å². The molecule has 2 aliphatic heterocycles. The van der Waals surface area contributed by atoms with Crippen LogP contribution >= 0.6 is 11.3 Å². The number of aliphatic hydroxyl groups excluding tert-OH is 1. The molecule has 1 aromatic heterocycles.